The van der Waals surface area contributed by atoms with Crippen molar-refractivity contribution in [1.29, 1.82) is 0 Å². The van der Waals surface area contributed by atoms with Gasteiger partial charge in [-0.1, -0.05) is 0 Å². The van der Waals surface area contributed by atoms with Crippen LogP contribution in [0.1, 0.15) is 37.3 Å². The number of hydrogen-bond donors (Lipinski definition) is 1. The first-order valence-electron chi connectivity index (χ1n) is 11.6. The van der Waals surface area contributed by atoms with Crippen molar-refractivity contribution in [3.8, 4) is 0 Å². The molecule has 0 saturated heterocycles. The van der Waals surface area contributed by atoms with E-state index in [4.69, 9.17) is 0 Å². The van der Waals surface area contributed by atoms with Crippen molar-refractivity contribution in [2.75, 3.05) is 0 Å². The number of halogens is 2. The molecule has 10 nitrogen and oxygen atoms in total. The predicted molar refractivity (Wildman–Crippen MR) is 140 cm³/mol. The molecule has 2 aliphatic heterocycles. The van der Waals surface area contributed by atoms with Gasteiger partial charge in [0.05, 0.1) is 17.1 Å². The third-order valence-electron chi connectivity index (χ3n) is 6.31. The topological polar surface area (TPSA) is 133 Å². The van der Waals surface area contributed by atoms with Crippen LogP contribution in [0.15, 0.2) is 43.1 Å². The molecule has 0 amide bonds. The van der Waals surface area contributed by atoms with E-state index in [1.807, 2.05) is 0 Å². The van der Waals surface area contributed by atoms with Gasteiger partial charge in [0.15, 0.2) is 11.0 Å². The quantitative estimate of drug-likeness (QED) is 0.318. The molecule has 0 fully saturated rings. The number of pyridine rings is 2. The number of Topliss-reactive ketones (excluding diaryl/α,β-unsaturated/α-hetero) is 1. The second-order valence-corrected chi connectivity index (χ2v) is 10.6. The third-order valence-corrected chi connectivity index (χ3v) is 7.18. The zero-order chi connectivity index (χ0) is 25.4. The van der Waals surface area contributed by atoms with Crippen LogP contribution in [-0.2, 0) is 30.7 Å². The summed E-state index contributed by atoms with van der Waals surface area (Å²) in [6.45, 7) is 0.920. The highest BCUT2D eigenvalue weighted by molar-refractivity contribution is 9.10. The number of carbonyl (C=O) groups is 1. The molecule has 6 heterocycles. The molecule has 1 atom stereocenters. The standard InChI is InChI=1S/C12H12BrN3O2.C12H10BrN3O2/c2*13-7-5-9-11(14-6-7)12(18)16-4-3-8(17)1-2-10(16)15-9/h5-6,8,17H,1-4H2;5-6H,1-4H2. The summed E-state index contributed by atoms with van der Waals surface area (Å²) in [5.41, 5.74) is 1.66. The maximum atomic E-state index is 12.3. The summed E-state index contributed by atoms with van der Waals surface area (Å²) in [5.74, 6) is 1.60. The number of nitrogens with zero attached hydrogens (tertiary/aromatic N) is 6. The maximum absolute atomic E-state index is 12.3. The molecular formula is C24H22Br2N6O4. The van der Waals surface area contributed by atoms with Gasteiger partial charge in [0, 0.05) is 60.1 Å². The van der Waals surface area contributed by atoms with Gasteiger partial charge >= 0.3 is 0 Å². The average Bonchev–Trinajstić information content (AvgIpc) is 3.15. The number of ketones is 1. The lowest BCUT2D eigenvalue weighted by Crippen LogP contribution is -2.25. The van der Waals surface area contributed by atoms with E-state index in [1.165, 1.54) is 0 Å². The Labute approximate surface area is 221 Å². The van der Waals surface area contributed by atoms with E-state index in [0.29, 0.717) is 79.5 Å². The van der Waals surface area contributed by atoms with Crippen molar-refractivity contribution < 1.29 is 9.90 Å². The Morgan fingerprint density at radius 1 is 0.750 bits per heavy atom. The van der Waals surface area contributed by atoms with E-state index in [2.05, 4.69) is 51.8 Å². The van der Waals surface area contributed by atoms with Crippen LogP contribution in [0, 0.1) is 0 Å². The highest BCUT2D eigenvalue weighted by Crippen LogP contribution is 2.18. The maximum Gasteiger partial charge on any atom is 0.280 e. The van der Waals surface area contributed by atoms with Gasteiger partial charge < -0.3 is 5.11 Å². The lowest BCUT2D eigenvalue weighted by atomic mass is 10.1. The number of aryl methyl sites for hydroxylation is 2. The first kappa shape index (κ1) is 24.8. The number of hydrogen-bond acceptors (Lipinski definition) is 8. The van der Waals surface area contributed by atoms with Gasteiger partial charge in [-0.3, -0.25) is 23.5 Å². The van der Waals surface area contributed by atoms with Crippen LogP contribution in [0.4, 0.5) is 0 Å². The number of aliphatic hydroxyl groups is 1. The summed E-state index contributed by atoms with van der Waals surface area (Å²) >= 11 is 6.64. The van der Waals surface area contributed by atoms with Crippen LogP contribution < -0.4 is 11.1 Å². The fourth-order valence-corrected chi connectivity index (χ4v) is 5.06. The summed E-state index contributed by atoms with van der Waals surface area (Å²) in [4.78, 5) is 53.2. The molecule has 2 aliphatic rings. The van der Waals surface area contributed by atoms with Crippen LogP contribution in [0.3, 0.4) is 0 Å². The molecule has 0 saturated carbocycles. The molecule has 0 spiro atoms. The molecule has 6 rings (SSSR count). The summed E-state index contributed by atoms with van der Waals surface area (Å²) in [6, 6.07) is 3.57. The van der Waals surface area contributed by atoms with Crippen molar-refractivity contribution >= 4 is 59.7 Å². The molecule has 0 bridgehead atoms. The Kier molecular flexibility index (Phi) is 7.09. The second kappa shape index (κ2) is 10.3. The number of aliphatic hydroxyl groups excluding tert-OH is 1. The molecule has 1 unspecified atom stereocenters. The first-order valence-corrected chi connectivity index (χ1v) is 13.2. The summed E-state index contributed by atoms with van der Waals surface area (Å²) in [7, 11) is 0. The van der Waals surface area contributed by atoms with Gasteiger partial charge in [-0.25, -0.2) is 19.9 Å². The molecule has 12 heteroatoms. The smallest absolute Gasteiger partial charge is 0.280 e. The minimum Gasteiger partial charge on any atom is -0.393 e. The zero-order valence-corrected chi connectivity index (χ0v) is 22.3. The molecular weight excluding hydrogens is 596 g/mol. The van der Waals surface area contributed by atoms with Gasteiger partial charge in [-0.2, -0.15) is 0 Å². The number of fused-ring (bicyclic) bond motifs is 4. The normalized spacial score (nSPS) is 17.5. The van der Waals surface area contributed by atoms with Crippen LogP contribution in [-0.4, -0.2) is 46.1 Å². The van der Waals surface area contributed by atoms with Gasteiger partial charge in [0.1, 0.15) is 17.4 Å². The molecule has 1 N–H and O–H groups in total. The van der Waals surface area contributed by atoms with Crippen molar-refractivity contribution in [2.24, 2.45) is 0 Å². The Morgan fingerprint density at radius 2 is 1.31 bits per heavy atom. The largest absolute Gasteiger partial charge is 0.393 e. The molecule has 0 aromatic carbocycles. The van der Waals surface area contributed by atoms with Crippen LogP contribution >= 0.6 is 31.9 Å². The number of carbonyl (C=O) groups excluding carboxylic acids is 1. The molecule has 4 aromatic heterocycles. The fraction of sp³-hybridized carbons (Fsp3) is 0.375. The van der Waals surface area contributed by atoms with Gasteiger partial charge in [0.25, 0.3) is 11.1 Å². The molecule has 0 aliphatic carbocycles. The Morgan fingerprint density at radius 3 is 1.92 bits per heavy atom. The van der Waals surface area contributed by atoms with E-state index in [1.54, 1.807) is 33.7 Å². The van der Waals surface area contributed by atoms with Gasteiger partial charge in [-0.15, -0.1) is 0 Å². The number of aromatic nitrogens is 6. The summed E-state index contributed by atoms with van der Waals surface area (Å²) in [5, 5.41) is 9.67. The minimum absolute atomic E-state index is 0.114. The summed E-state index contributed by atoms with van der Waals surface area (Å²) in [6.07, 6.45) is 6.08. The first-order chi connectivity index (χ1) is 17.3. The highest BCUT2D eigenvalue weighted by atomic mass is 79.9. The predicted octanol–water partition coefficient (Wildman–Crippen LogP) is 2.71. The Balaban J connectivity index is 0.000000148. The van der Waals surface area contributed by atoms with Crippen LogP contribution in [0.5, 0.6) is 0 Å². The molecule has 0 radical (unpaired) electrons. The zero-order valence-electron chi connectivity index (χ0n) is 19.2. The molecule has 4 aromatic rings. The summed E-state index contributed by atoms with van der Waals surface area (Å²) < 4.78 is 4.81. The van der Waals surface area contributed by atoms with E-state index in [0.717, 1.165) is 14.8 Å². The van der Waals surface area contributed by atoms with E-state index in [-0.39, 0.29) is 23.0 Å². The van der Waals surface area contributed by atoms with E-state index in [9.17, 15) is 19.5 Å². The van der Waals surface area contributed by atoms with Gasteiger partial charge in [-0.05, 0) is 56.8 Å². The third kappa shape index (κ3) is 5.02. The highest BCUT2D eigenvalue weighted by Gasteiger charge is 2.19. The Hall–Kier alpha value is -2.83. The Bertz CT molecular complexity index is 1620. The van der Waals surface area contributed by atoms with Crippen LogP contribution in [0.2, 0.25) is 0 Å². The van der Waals surface area contributed by atoms with Crippen molar-refractivity contribution in [1.82, 2.24) is 29.1 Å². The van der Waals surface area contributed by atoms with Crippen molar-refractivity contribution in [3.05, 3.63) is 65.8 Å². The van der Waals surface area contributed by atoms with Crippen molar-refractivity contribution in [2.45, 2.75) is 57.7 Å². The lowest BCUT2D eigenvalue weighted by molar-refractivity contribution is -0.119. The van der Waals surface area contributed by atoms with Crippen LogP contribution in [0.25, 0.3) is 22.1 Å². The average molecular weight is 618 g/mol. The SMILES string of the molecule is O=C1CCc2nc3cc(Br)cnc3c(=O)n2CC1.O=c1c2ncc(Br)cc2nc2n1CCC(O)CC2. The lowest BCUT2D eigenvalue weighted by Gasteiger charge is -2.09. The van der Waals surface area contributed by atoms with Crippen molar-refractivity contribution in [3.63, 3.8) is 0 Å². The fourth-order valence-electron chi connectivity index (χ4n) is 4.42. The van der Waals surface area contributed by atoms with E-state index < -0.39 is 0 Å². The monoisotopic (exact) mass is 616 g/mol. The molecule has 36 heavy (non-hydrogen) atoms. The van der Waals surface area contributed by atoms with E-state index >= 15 is 0 Å². The van der Waals surface area contributed by atoms with Gasteiger partial charge in [0.2, 0.25) is 0 Å². The molecule has 186 valence electrons. The second-order valence-electron chi connectivity index (χ2n) is 8.78. The minimum atomic E-state index is -0.353. The number of rotatable bonds is 0.